The molecule has 0 radical (unpaired) electrons. The average Bonchev–Trinajstić information content (AvgIpc) is 3.20. The Kier molecular flexibility index (Phi) is 3.08. The van der Waals surface area contributed by atoms with Gasteiger partial charge in [0.25, 0.3) is 0 Å². The van der Waals surface area contributed by atoms with E-state index in [4.69, 9.17) is 0 Å². The Bertz CT molecular complexity index is 452. The van der Waals surface area contributed by atoms with E-state index >= 15 is 0 Å². The second-order valence-electron chi connectivity index (χ2n) is 5.38. The fourth-order valence-electron chi connectivity index (χ4n) is 2.93. The fraction of sp³-hybridized carbons (Fsp3) is 0.533. The smallest absolute Gasteiger partial charge is 0.226 e. The summed E-state index contributed by atoms with van der Waals surface area (Å²) in [6.45, 7) is 5.76. The molecular weight excluding hydrogens is 224 g/mol. The van der Waals surface area contributed by atoms with E-state index in [2.05, 4.69) is 36.5 Å². The number of amides is 1. The van der Waals surface area contributed by atoms with Gasteiger partial charge in [0, 0.05) is 32.1 Å². The molecule has 96 valence electrons. The molecule has 0 spiro atoms. The number of hydrogen-bond donors (Lipinski definition) is 1. The summed E-state index contributed by atoms with van der Waals surface area (Å²) in [5.74, 6) is 1.07. The summed E-state index contributed by atoms with van der Waals surface area (Å²) < 4.78 is 0. The van der Waals surface area contributed by atoms with Crippen molar-refractivity contribution in [2.24, 2.45) is 5.92 Å². The van der Waals surface area contributed by atoms with Crippen molar-refractivity contribution in [3.8, 4) is 0 Å². The number of nitrogens with one attached hydrogen (secondary N) is 1. The van der Waals surface area contributed by atoms with Gasteiger partial charge in [-0.1, -0.05) is 24.3 Å². The van der Waals surface area contributed by atoms with Gasteiger partial charge in [-0.2, -0.15) is 0 Å². The normalized spacial score (nSPS) is 27.1. The minimum absolute atomic E-state index is 0.240. The molecule has 1 aromatic rings. The van der Waals surface area contributed by atoms with Crippen molar-refractivity contribution >= 4 is 5.91 Å². The van der Waals surface area contributed by atoms with Crippen LogP contribution in [0.2, 0.25) is 0 Å². The third kappa shape index (κ3) is 2.15. The highest BCUT2D eigenvalue weighted by Crippen LogP contribution is 2.49. The maximum absolute atomic E-state index is 12.4. The van der Waals surface area contributed by atoms with Crippen LogP contribution in [-0.2, 0) is 4.79 Å². The van der Waals surface area contributed by atoms with E-state index in [9.17, 15) is 4.79 Å². The zero-order valence-electron chi connectivity index (χ0n) is 10.9. The number of hydrogen-bond acceptors (Lipinski definition) is 2. The van der Waals surface area contributed by atoms with E-state index in [-0.39, 0.29) is 5.92 Å². The van der Waals surface area contributed by atoms with Crippen molar-refractivity contribution in [2.75, 3.05) is 26.2 Å². The van der Waals surface area contributed by atoms with Gasteiger partial charge in [0.2, 0.25) is 5.91 Å². The Morgan fingerprint density at radius 1 is 1.28 bits per heavy atom. The number of benzene rings is 1. The summed E-state index contributed by atoms with van der Waals surface area (Å²) in [5.41, 5.74) is 2.68. The molecule has 1 saturated carbocycles. The number of carbonyl (C=O) groups excluding carboxylic acids is 1. The molecule has 1 amide bonds. The van der Waals surface area contributed by atoms with Crippen LogP contribution in [0.25, 0.3) is 0 Å². The van der Waals surface area contributed by atoms with Crippen molar-refractivity contribution in [1.82, 2.24) is 10.2 Å². The third-order valence-electron chi connectivity index (χ3n) is 4.12. The molecular formula is C15H20N2O. The first-order valence-corrected chi connectivity index (χ1v) is 6.82. The molecule has 2 fully saturated rings. The van der Waals surface area contributed by atoms with Crippen LogP contribution in [-0.4, -0.2) is 37.0 Å². The third-order valence-corrected chi connectivity index (χ3v) is 4.12. The first-order valence-electron chi connectivity index (χ1n) is 6.82. The van der Waals surface area contributed by atoms with E-state index in [1.54, 1.807) is 0 Å². The lowest BCUT2D eigenvalue weighted by Gasteiger charge is -2.27. The van der Waals surface area contributed by atoms with Crippen molar-refractivity contribution in [3.63, 3.8) is 0 Å². The first kappa shape index (κ1) is 11.7. The van der Waals surface area contributed by atoms with E-state index in [1.807, 2.05) is 4.90 Å². The quantitative estimate of drug-likeness (QED) is 0.855. The van der Waals surface area contributed by atoms with Gasteiger partial charge in [-0.15, -0.1) is 0 Å². The number of nitrogens with zero attached hydrogens (tertiary/aromatic N) is 1. The van der Waals surface area contributed by atoms with Crippen LogP contribution in [0.3, 0.4) is 0 Å². The number of carbonyl (C=O) groups is 1. The molecule has 1 aliphatic heterocycles. The highest BCUT2D eigenvalue weighted by atomic mass is 16.2. The number of aryl methyl sites for hydroxylation is 1. The lowest BCUT2D eigenvalue weighted by Crippen LogP contribution is -2.47. The Hall–Kier alpha value is -1.35. The lowest BCUT2D eigenvalue weighted by molar-refractivity contribution is -0.133. The monoisotopic (exact) mass is 244 g/mol. The van der Waals surface area contributed by atoms with Gasteiger partial charge in [-0.05, 0) is 30.4 Å². The molecule has 1 aliphatic carbocycles. The van der Waals surface area contributed by atoms with Gasteiger partial charge in [-0.3, -0.25) is 4.79 Å². The highest BCUT2D eigenvalue weighted by molar-refractivity contribution is 5.83. The van der Waals surface area contributed by atoms with Gasteiger partial charge in [0.15, 0.2) is 0 Å². The molecule has 3 rings (SSSR count). The average molecular weight is 244 g/mol. The Morgan fingerprint density at radius 3 is 2.72 bits per heavy atom. The predicted octanol–water partition coefficient (Wildman–Crippen LogP) is 1.53. The predicted molar refractivity (Wildman–Crippen MR) is 71.5 cm³/mol. The molecule has 0 bridgehead atoms. The SMILES string of the molecule is Cc1ccccc1[C@H]1C[C@H]1C(=O)N1CCNCC1. The number of piperazine rings is 1. The number of rotatable bonds is 2. The minimum Gasteiger partial charge on any atom is -0.340 e. The van der Waals surface area contributed by atoms with Gasteiger partial charge in [0.1, 0.15) is 0 Å². The molecule has 0 unspecified atom stereocenters. The fourth-order valence-corrected chi connectivity index (χ4v) is 2.93. The van der Waals surface area contributed by atoms with E-state index in [0.29, 0.717) is 11.8 Å². The largest absolute Gasteiger partial charge is 0.340 e. The standard InChI is InChI=1S/C15H20N2O/c1-11-4-2-3-5-12(11)13-10-14(13)15(18)17-8-6-16-7-9-17/h2-5,13-14,16H,6-10H2,1H3/t13-,14-/m1/s1. The van der Waals surface area contributed by atoms with E-state index in [1.165, 1.54) is 11.1 Å². The first-order chi connectivity index (χ1) is 8.77. The Balaban J connectivity index is 1.67. The summed E-state index contributed by atoms with van der Waals surface area (Å²) >= 11 is 0. The summed E-state index contributed by atoms with van der Waals surface area (Å²) in [5, 5.41) is 3.29. The highest BCUT2D eigenvalue weighted by Gasteiger charge is 2.46. The van der Waals surface area contributed by atoms with E-state index in [0.717, 1.165) is 32.6 Å². The molecule has 1 aromatic carbocycles. The molecule has 1 N–H and O–H groups in total. The topological polar surface area (TPSA) is 32.3 Å². The van der Waals surface area contributed by atoms with Crippen molar-refractivity contribution in [2.45, 2.75) is 19.3 Å². The van der Waals surface area contributed by atoms with Crippen LogP contribution < -0.4 is 5.32 Å². The molecule has 1 saturated heterocycles. The zero-order chi connectivity index (χ0) is 12.5. The summed E-state index contributed by atoms with van der Waals surface area (Å²) in [6, 6.07) is 8.45. The van der Waals surface area contributed by atoms with Gasteiger partial charge < -0.3 is 10.2 Å². The molecule has 3 heteroatoms. The Morgan fingerprint density at radius 2 is 2.00 bits per heavy atom. The maximum Gasteiger partial charge on any atom is 0.226 e. The van der Waals surface area contributed by atoms with Gasteiger partial charge in [0.05, 0.1) is 0 Å². The molecule has 3 nitrogen and oxygen atoms in total. The van der Waals surface area contributed by atoms with Crippen molar-refractivity contribution in [3.05, 3.63) is 35.4 Å². The second kappa shape index (κ2) is 4.73. The maximum atomic E-state index is 12.4. The molecule has 2 atom stereocenters. The zero-order valence-corrected chi connectivity index (χ0v) is 10.9. The molecule has 0 aromatic heterocycles. The van der Waals surface area contributed by atoms with Crippen molar-refractivity contribution in [1.29, 1.82) is 0 Å². The van der Waals surface area contributed by atoms with Crippen LogP contribution in [0.15, 0.2) is 24.3 Å². The molecule has 2 aliphatic rings. The lowest BCUT2D eigenvalue weighted by atomic mass is 10.0. The van der Waals surface area contributed by atoms with Crippen LogP contribution in [0, 0.1) is 12.8 Å². The Labute approximate surface area is 108 Å². The summed E-state index contributed by atoms with van der Waals surface area (Å²) in [7, 11) is 0. The van der Waals surface area contributed by atoms with Crippen molar-refractivity contribution < 1.29 is 4.79 Å². The second-order valence-corrected chi connectivity index (χ2v) is 5.38. The van der Waals surface area contributed by atoms with Crippen LogP contribution in [0.1, 0.15) is 23.5 Å². The van der Waals surface area contributed by atoms with Crippen LogP contribution in [0.4, 0.5) is 0 Å². The van der Waals surface area contributed by atoms with Crippen LogP contribution >= 0.6 is 0 Å². The van der Waals surface area contributed by atoms with E-state index < -0.39 is 0 Å². The van der Waals surface area contributed by atoms with Gasteiger partial charge in [-0.25, -0.2) is 0 Å². The van der Waals surface area contributed by atoms with Gasteiger partial charge >= 0.3 is 0 Å². The minimum atomic E-state index is 0.240. The molecule has 1 heterocycles. The van der Waals surface area contributed by atoms with Crippen LogP contribution in [0.5, 0.6) is 0 Å². The molecule has 18 heavy (non-hydrogen) atoms. The summed E-state index contributed by atoms with van der Waals surface area (Å²) in [4.78, 5) is 14.4. The summed E-state index contributed by atoms with van der Waals surface area (Å²) in [6.07, 6.45) is 1.04.